The van der Waals surface area contributed by atoms with Gasteiger partial charge in [0, 0.05) is 25.1 Å². The van der Waals surface area contributed by atoms with Gasteiger partial charge in [0.15, 0.2) is 0 Å². The number of hydrogen-bond donors (Lipinski definition) is 1. The van der Waals surface area contributed by atoms with Gasteiger partial charge in [-0.2, -0.15) is 0 Å². The van der Waals surface area contributed by atoms with E-state index in [0.29, 0.717) is 12.0 Å². The van der Waals surface area contributed by atoms with Gasteiger partial charge in [0.1, 0.15) is 0 Å². The second-order valence-electron chi connectivity index (χ2n) is 6.18. The zero-order chi connectivity index (χ0) is 13.8. The van der Waals surface area contributed by atoms with Crippen LogP contribution in [0.5, 0.6) is 0 Å². The molecule has 0 bridgehead atoms. The van der Waals surface area contributed by atoms with Gasteiger partial charge in [0.25, 0.3) is 0 Å². The first kappa shape index (κ1) is 14.5. The van der Waals surface area contributed by atoms with Crippen LogP contribution in [0.25, 0.3) is 0 Å². The first-order valence-corrected chi connectivity index (χ1v) is 7.49. The van der Waals surface area contributed by atoms with Gasteiger partial charge in [0.2, 0.25) is 0 Å². The van der Waals surface area contributed by atoms with Gasteiger partial charge in [-0.15, -0.1) is 0 Å². The van der Waals surface area contributed by atoms with E-state index >= 15 is 0 Å². The van der Waals surface area contributed by atoms with Crippen LogP contribution >= 0.6 is 0 Å². The van der Waals surface area contributed by atoms with Crippen molar-refractivity contribution in [2.45, 2.75) is 52.7 Å². The molecule has 0 amide bonds. The topological polar surface area (TPSA) is 21.3 Å². The van der Waals surface area contributed by atoms with Crippen LogP contribution in [0, 0.1) is 19.8 Å². The van der Waals surface area contributed by atoms with E-state index in [2.05, 4.69) is 51.2 Å². The molecule has 0 aliphatic carbocycles. The van der Waals surface area contributed by atoms with Gasteiger partial charge >= 0.3 is 0 Å². The Balaban J connectivity index is 2.13. The minimum absolute atomic E-state index is 0.263. The molecule has 0 radical (unpaired) electrons. The van der Waals surface area contributed by atoms with Crippen LogP contribution in [0.2, 0.25) is 0 Å². The summed E-state index contributed by atoms with van der Waals surface area (Å²) < 4.78 is 6.08. The fourth-order valence-corrected chi connectivity index (χ4v) is 2.98. The monoisotopic (exact) mass is 261 g/mol. The zero-order valence-corrected chi connectivity index (χ0v) is 12.7. The third kappa shape index (κ3) is 4.05. The highest BCUT2D eigenvalue weighted by atomic mass is 16.5. The summed E-state index contributed by atoms with van der Waals surface area (Å²) in [4.78, 5) is 0. The lowest BCUT2D eigenvalue weighted by molar-refractivity contribution is -0.0282. The van der Waals surface area contributed by atoms with E-state index in [9.17, 15) is 0 Å². The van der Waals surface area contributed by atoms with Crippen molar-refractivity contribution in [1.82, 2.24) is 5.32 Å². The fraction of sp³-hybridized carbons (Fsp3) is 0.647. The van der Waals surface area contributed by atoms with E-state index in [1.54, 1.807) is 0 Å². The molecule has 0 aromatic heterocycles. The summed E-state index contributed by atoms with van der Waals surface area (Å²) in [6.45, 7) is 10.7. The molecular weight excluding hydrogens is 234 g/mol. The van der Waals surface area contributed by atoms with Crippen LogP contribution in [-0.2, 0) is 4.74 Å². The van der Waals surface area contributed by atoms with Crippen molar-refractivity contribution in [2.75, 3.05) is 13.2 Å². The van der Waals surface area contributed by atoms with E-state index in [-0.39, 0.29) is 6.10 Å². The van der Waals surface area contributed by atoms with Crippen molar-refractivity contribution in [3.8, 4) is 0 Å². The van der Waals surface area contributed by atoms with Crippen LogP contribution in [-0.4, -0.2) is 19.2 Å². The highest BCUT2D eigenvalue weighted by Gasteiger charge is 2.27. The summed E-state index contributed by atoms with van der Waals surface area (Å²) in [7, 11) is 0. The van der Waals surface area contributed by atoms with Crippen molar-refractivity contribution < 1.29 is 4.74 Å². The van der Waals surface area contributed by atoms with Gasteiger partial charge in [-0.3, -0.25) is 0 Å². The standard InChI is InChI=1S/C17H27NO/c1-12(2)18-11-15-6-5-7-19-17(15)16-9-13(3)8-14(4)10-16/h8-10,12,15,17-18H,5-7,11H2,1-4H3. The number of nitrogens with one attached hydrogen (secondary N) is 1. The molecule has 1 N–H and O–H groups in total. The smallest absolute Gasteiger partial charge is 0.0865 e. The normalized spacial score (nSPS) is 23.8. The maximum absolute atomic E-state index is 6.08. The van der Waals surface area contributed by atoms with Gasteiger partial charge in [-0.05, 0) is 32.3 Å². The molecule has 19 heavy (non-hydrogen) atoms. The van der Waals surface area contributed by atoms with E-state index in [4.69, 9.17) is 4.74 Å². The number of rotatable bonds is 4. The SMILES string of the molecule is Cc1cc(C)cc(C2OCCCC2CNC(C)C)c1. The Hall–Kier alpha value is -0.860. The van der Waals surface area contributed by atoms with Crippen molar-refractivity contribution in [1.29, 1.82) is 0 Å². The predicted octanol–water partition coefficient (Wildman–Crippen LogP) is 3.77. The molecule has 1 fully saturated rings. The summed E-state index contributed by atoms with van der Waals surface area (Å²) >= 11 is 0. The summed E-state index contributed by atoms with van der Waals surface area (Å²) in [6, 6.07) is 7.34. The average Bonchev–Trinajstić information content (AvgIpc) is 2.35. The molecule has 1 aromatic rings. The molecule has 1 aromatic carbocycles. The molecule has 106 valence electrons. The Morgan fingerprint density at radius 2 is 1.89 bits per heavy atom. The maximum atomic E-state index is 6.08. The summed E-state index contributed by atoms with van der Waals surface area (Å²) in [5.74, 6) is 0.595. The van der Waals surface area contributed by atoms with Crippen LogP contribution in [0.1, 0.15) is 49.5 Å². The molecule has 2 rings (SSSR count). The Morgan fingerprint density at radius 3 is 2.53 bits per heavy atom. The zero-order valence-electron chi connectivity index (χ0n) is 12.7. The second-order valence-corrected chi connectivity index (χ2v) is 6.18. The molecule has 1 saturated heterocycles. The number of benzene rings is 1. The summed E-state index contributed by atoms with van der Waals surface area (Å²) in [5.41, 5.74) is 4.02. The van der Waals surface area contributed by atoms with E-state index < -0.39 is 0 Å². The van der Waals surface area contributed by atoms with Crippen LogP contribution < -0.4 is 5.32 Å². The maximum Gasteiger partial charge on any atom is 0.0865 e. The molecule has 1 aliphatic rings. The molecule has 0 spiro atoms. The quantitative estimate of drug-likeness (QED) is 0.891. The Kier molecular flexibility index (Phi) is 5.00. The Morgan fingerprint density at radius 1 is 1.21 bits per heavy atom. The lowest BCUT2D eigenvalue weighted by Gasteiger charge is -2.33. The fourth-order valence-electron chi connectivity index (χ4n) is 2.98. The van der Waals surface area contributed by atoms with E-state index in [1.165, 1.54) is 29.5 Å². The lowest BCUT2D eigenvalue weighted by atomic mass is 9.88. The van der Waals surface area contributed by atoms with E-state index in [0.717, 1.165) is 13.2 Å². The largest absolute Gasteiger partial charge is 0.373 e. The van der Waals surface area contributed by atoms with Gasteiger partial charge in [0.05, 0.1) is 6.10 Å². The number of hydrogen-bond acceptors (Lipinski definition) is 2. The average molecular weight is 261 g/mol. The molecule has 2 heteroatoms. The first-order chi connectivity index (χ1) is 9.06. The third-order valence-corrected chi connectivity index (χ3v) is 3.81. The number of ether oxygens (including phenoxy) is 1. The highest BCUT2D eigenvalue weighted by molar-refractivity contribution is 5.30. The predicted molar refractivity (Wildman–Crippen MR) is 80.5 cm³/mol. The van der Waals surface area contributed by atoms with Gasteiger partial charge in [-0.1, -0.05) is 43.2 Å². The molecule has 2 nitrogen and oxygen atoms in total. The first-order valence-electron chi connectivity index (χ1n) is 7.49. The summed E-state index contributed by atoms with van der Waals surface area (Å²) in [6.07, 6.45) is 2.71. The minimum Gasteiger partial charge on any atom is -0.373 e. The molecule has 2 atom stereocenters. The minimum atomic E-state index is 0.263. The summed E-state index contributed by atoms with van der Waals surface area (Å²) in [5, 5.41) is 3.56. The molecule has 0 saturated carbocycles. The molecular formula is C17H27NO. The second kappa shape index (κ2) is 6.53. The molecule has 1 aliphatic heterocycles. The highest BCUT2D eigenvalue weighted by Crippen LogP contribution is 2.34. The lowest BCUT2D eigenvalue weighted by Crippen LogP contribution is -2.35. The van der Waals surface area contributed by atoms with Gasteiger partial charge < -0.3 is 10.1 Å². The van der Waals surface area contributed by atoms with Crippen LogP contribution in [0.4, 0.5) is 0 Å². The van der Waals surface area contributed by atoms with Crippen molar-refractivity contribution in [3.05, 3.63) is 34.9 Å². The third-order valence-electron chi connectivity index (χ3n) is 3.81. The van der Waals surface area contributed by atoms with Crippen molar-refractivity contribution >= 4 is 0 Å². The molecule has 2 unspecified atom stereocenters. The van der Waals surface area contributed by atoms with Crippen molar-refractivity contribution in [2.24, 2.45) is 5.92 Å². The van der Waals surface area contributed by atoms with E-state index in [1.807, 2.05) is 0 Å². The number of aryl methyl sites for hydroxylation is 2. The van der Waals surface area contributed by atoms with Crippen LogP contribution in [0.15, 0.2) is 18.2 Å². The van der Waals surface area contributed by atoms with Crippen LogP contribution in [0.3, 0.4) is 0 Å². The van der Waals surface area contributed by atoms with Crippen molar-refractivity contribution in [3.63, 3.8) is 0 Å². The van der Waals surface area contributed by atoms with Gasteiger partial charge in [-0.25, -0.2) is 0 Å². The Bertz CT molecular complexity index is 393. The molecule has 1 heterocycles. The Labute approximate surface area is 117 Å².